The van der Waals surface area contributed by atoms with Crippen molar-refractivity contribution in [2.24, 2.45) is 0 Å². The van der Waals surface area contributed by atoms with E-state index in [-0.39, 0.29) is 6.61 Å². The summed E-state index contributed by atoms with van der Waals surface area (Å²) in [5.74, 6) is 0. The first-order valence-electron chi connectivity index (χ1n) is 4.15. The van der Waals surface area contributed by atoms with Crippen molar-refractivity contribution in [3.8, 4) is 0 Å². The molecule has 0 aromatic rings. The Balaban J connectivity index is 3.13. The van der Waals surface area contributed by atoms with E-state index in [1.165, 1.54) is 0 Å². The van der Waals surface area contributed by atoms with E-state index >= 15 is 0 Å². The smallest absolute Gasteiger partial charge is 0.119 e. The van der Waals surface area contributed by atoms with Gasteiger partial charge < -0.3 is 0 Å². The predicted molar refractivity (Wildman–Crippen MR) is 49.2 cm³/mol. The minimum absolute atomic E-state index is 0.281. The van der Waals surface area contributed by atoms with Crippen LogP contribution in [0.1, 0.15) is 26.2 Å². The maximum atomic E-state index is 10.8. The number of hydrogen-bond acceptors (Lipinski definition) is 3. The van der Waals surface area contributed by atoms with Crippen LogP contribution in [0.3, 0.4) is 0 Å². The Morgan fingerprint density at radius 3 is 2.75 bits per heavy atom. The van der Waals surface area contributed by atoms with E-state index in [0.717, 1.165) is 19.3 Å². The molecule has 0 bridgehead atoms. The van der Waals surface area contributed by atoms with Crippen molar-refractivity contribution < 1.29 is 13.6 Å². The van der Waals surface area contributed by atoms with Crippen LogP contribution >= 0.6 is 8.25 Å². The Hall–Kier alpha value is -0.240. The third kappa shape index (κ3) is 7.86. The molecular formula is C8H16O3P+. The molecule has 0 saturated heterocycles. The van der Waals surface area contributed by atoms with Crippen LogP contribution in [0.25, 0.3) is 0 Å². The first-order chi connectivity index (χ1) is 5.81. The summed E-state index contributed by atoms with van der Waals surface area (Å²) < 4.78 is 20.4. The fourth-order valence-corrected chi connectivity index (χ4v) is 1.22. The lowest BCUT2D eigenvalue weighted by Crippen LogP contribution is -1.88. The van der Waals surface area contributed by atoms with Crippen molar-refractivity contribution in [2.75, 3.05) is 13.2 Å². The zero-order valence-corrected chi connectivity index (χ0v) is 8.39. The van der Waals surface area contributed by atoms with Crippen molar-refractivity contribution in [2.45, 2.75) is 26.2 Å². The van der Waals surface area contributed by atoms with Crippen molar-refractivity contribution in [1.29, 1.82) is 0 Å². The summed E-state index contributed by atoms with van der Waals surface area (Å²) in [6.45, 7) is 6.33. The average Bonchev–Trinajstić information content (AvgIpc) is 2.09. The standard InChI is InChI=1S/C8H16O3P/c1-3-5-6-8-11-12(9)10-7-4-2/h4H,2-3,5-8H2,1H3/q+1. The van der Waals surface area contributed by atoms with Gasteiger partial charge in [-0.15, -0.1) is 15.6 Å². The van der Waals surface area contributed by atoms with Gasteiger partial charge in [0.15, 0.2) is 0 Å². The largest absolute Gasteiger partial charge is 0.697 e. The lowest BCUT2D eigenvalue weighted by Gasteiger charge is -1.90. The van der Waals surface area contributed by atoms with E-state index in [1.54, 1.807) is 6.08 Å². The van der Waals surface area contributed by atoms with Crippen LogP contribution < -0.4 is 0 Å². The van der Waals surface area contributed by atoms with Gasteiger partial charge in [0.25, 0.3) is 0 Å². The Morgan fingerprint density at radius 2 is 2.17 bits per heavy atom. The molecule has 0 aliphatic heterocycles. The van der Waals surface area contributed by atoms with Gasteiger partial charge in [-0.1, -0.05) is 25.8 Å². The highest BCUT2D eigenvalue weighted by Gasteiger charge is 2.17. The van der Waals surface area contributed by atoms with E-state index < -0.39 is 8.25 Å². The molecule has 70 valence electrons. The maximum absolute atomic E-state index is 10.8. The number of hydrogen-bond donors (Lipinski definition) is 0. The second kappa shape index (κ2) is 8.85. The third-order valence-electron chi connectivity index (χ3n) is 1.24. The zero-order chi connectivity index (χ0) is 9.23. The second-order valence-electron chi connectivity index (χ2n) is 2.35. The fourth-order valence-electron chi connectivity index (χ4n) is 0.642. The van der Waals surface area contributed by atoms with E-state index in [2.05, 4.69) is 13.5 Å². The van der Waals surface area contributed by atoms with Gasteiger partial charge in [-0.2, -0.15) is 0 Å². The second-order valence-corrected chi connectivity index (χ2v) is 3.31. The van der Waals surface area contributed by atoms with Gasteiger partial charge >= 0.3 is 8.25 Å². The molecule has 0 fully saturated rings. The van der Waals surface area contributed by atoms with Crippen molar-refractivity contribution in [1.82, 2.24) is 0 Å². The minimum Gasteiger partial charge on any atom is -0.119 e. The summed E-state index contributed by atoms with van der Waals surface area (Å²) in [6, 6.07) is 0. The Labute approximate surface area is 74.7 Å². The van der Waals surface area contributed by atoms with Crippen LogP contribution in [-0.2, 0) is 13.6 Å². The van der Waals surface area contributed by atoms with E-state index in [0.29, 0.717) is 6.61 Å². The van der Waals surface area contributed by atoms with Crippen LogP contribution in [0.4, 0.5) is 0 Å². The SMILES string of the molecule is C=CCO[P+](=O)OCCCCC. The molecule has 0 spiro atoms. The topological polar surface area (TPSA) is 35.5 Å². The zero-order valence-electron chi connectivity index (χ0n) is 7.49. The molecule has 1 unspecified atom stereocenters. The van der Waals surface area contributed by atoms with Gasteiger partial charge in [0.2, 0.25) is 0 Å². The molecule has 0 aliphatic rings. The van der Waals surface area contributed by atoms with Crippen molar-refractivity contribution in [3.05, 3.63) is 12.7 Å². The Kier molecular flexibility index (Phi) is 8.68. The highest BCUT2D eigenvalue weighted by Crippen LogP contribution is 2.23. The van der Waals surface area contributed by atoms with Crippen LogP contribution in [0.2, 0.25) is 0 Å². The number of rotatable bonds is 8. The van der Waals surface area contributed by atoms with Gasteiger partial charge in [0, 0.05) is 4.57 Å². The van der Waals surface area contributed by atoms with E-state index in [1.807, 2.05) is 0 Å². The molecule has 1 atom stereocenters. The highest BCUT2D eigenvalue weighted by molar-refractivity contribution is 7.33. The van der Waals surface area contributed by atoms with Gasteiger partial charge in [-0.3, -0.25) is 0 Å². The van der Waals surface area contributed by atoms with Gasteiger partial charge in [-0.05, 0) is 6.42 Å². The van der Waals surface area contributed by atoms with Crippen LogP contribution in [-0.4, -0.2) is 13.2 Å². The fraction of sp³-hybridized carbons (Fsp3) is 0.750. The number of unbranched alkanes of at least 4 members (excludes halogenated alkanes) is 2. The van der Waals surface area contributed by atoms with Crippen LogP contribution in [0.15, 0.2) is 12.7 Å². The molecule has 0 aromatic carbocycles. The summed E-state index contributed by atoms with van der Waals surface area (Å²) in [7, 11) is -1.92. The van der Waals surface area contributed by atoms with Gasteiger partial charge in [-0.25, -0.2) is 0 Å². The highest BCUT2D eigenvalue weighted by atomic mass is 31.1. The first kappa shape index (κ1) is 11.8. The predicted octanol–water partition coefficient (Wildman–Crippen LogP) is 3.05. The summed E-state index contributed by atoms with van der Waals surface area (Å²) in [6.07, 6.45) is 4.72. The molecule has 3 nitrogen and oxygen atoms in total. The first-order valence-corrected chi connectivity index (χ1v) is 5.24. The molecule has 0 rings (SSSR count). The monoisotopic (exact) mass is 191 g/mol. The lowest BCUT2D eigenvalue weighted by atomic mass is 10.3. The summed E-state index contributed by atoms with van der Waals surface area (Å²) in [5.41, 5.74) is 0. The third-order valence-corrected chi connectivity index (χ3v) is 2.00. The molecule has 0 aromatic heterocycles. The summed E-state index contributed by atoms with van der Waals surface area (Å²) in [5, 5.41) is 0. The summed E-state index contributed by atoms with van der Waals surface area (Å²) >= 11 is 0. The lowest BCUT2D eigenvalue weighted by molar-refractivity contribution is 0.237. The summed E-state index contributed by atoms with van der Waals surface area (Å²) in [4.78, 5) is 0. The quantitative estimate of drug-likeness (QED) is 0.336. The molecule has 0 aliphatic carbocycles. The van der Waals surface area contributed by atoms with E-state index in [4.69, 9.17) is 9.05 Å². The van der Waals surface area contributed by atoms with E-state index in [9.17, 15) is 4.57 Å². The normalized spacial score (nSPS) is 11.2. The van der Waals surface area contributed by atoms with Gasteiger partial charge in [0.1, 0.15) is 13.2 Å². The Bertz CT molecular complexity index is 136. The molecule has 12 heavy (non-hydrogen) atoms. The molecule has 0 saturated carbocycles. The molecule has 0 radical (unpaired) electrons. The van der Waals surface area contributed by atoms with Crippen molar-refractivity contribution >= 4 is 8.25 Å². The molecule has 0 heterocycles. The average molecular weight is 191 g/mol. The maximum Gasteiger partial charge on any atom is 0.697 e. The minimum atomic E-state index is -1.92. The Morgan fingerprint density at radius 1 is 1.42 bits per heavy atom. The molecule has 4 heteroatoms. The molecular weight excluding hydrogens is 175 g/mol. The molecule has 0 amide bonds. The van der Waals surface area contributed by atoms with Crippen LogP contribution in [0, 0.1) is 0 Å². The van der Waals surface area contributed by atoms with Crippen LogP contribution in [0.5, 0.6) is 0 Å². The van der Waals surface area contributed by atoms with Crippen molar-refractivity contribution in [3.63, 3.8) is 0 Å². The van der Waals surface area contributed by atoms with Gasteiger partial charge in [0.05, 0.1) is 0 Å². The molecule has 0 N–H and O–H groups in total.